The van der Waals surface area contributed by atoms with Gasteiger partial charge in [-0.1, -0.05) is 26.2 Å². The lowest BCUT2D eigenvalue weighted by molar-refractivity contribution is -0.884. The van der Waals surface area contributed by atoms with Crippen LogP contribution in [0.3, 0.4) is 0 Å². The van der Waals surface area contributed by atoms with Crippen molar-refractivity contribution in [1.29, 1.82) is 0 Å². The molecule has 0 atom stereocenters. The van der Waals surface area contributed by atoms with Gasteiger partial charge in [-0.3, -0.25) is 0 Å². The first-order chi connectivity index (χ1) is 8.51. The van der Waals surface area contributed by atoms with Crippen molar-refractivity contribution in [3.63, 3.8) is 0 Å². The third-order valence-corrected chi connectivity index (χ3v) is 2.73. The highest BCUT2D eigenvalue weighted by atomic mass is 16.5. The first-order valence-electron chi connectivity index (χ1n) is 6.97. The Morgan fingerprint density at radius 1 is 1.06 bits per heavy atom. The van der Waals surface area contributed by atoms with Crippen molar-refractivity contribution in [3.8, 4) is 0 Å². The molecular weight excluding hydrogens is 226 g/mol. The van der Waals surface area contributed by atoms with Crippen LogP contribution >= 0.6 is 0 Å². The summed E-state index contributed by atoms with van der Waals surface area (Å²) in [7, 11) is 6.48. The molecule has 1 heterocycles. The number of hydrogen-bond acceptors (Lipinski definition) is 2. The lowest BCUT2D eigenvalue weighted by Gasteiger charge is -2.22. The van der Waals surface area contributed by atoms with Crippen LogP contribution in [0, 0.1) is 0 Å². The Morgan fingerprint density at radius 3 is 2.44 bits per heavy atom. The highest BCUT2D eigenvalue weighted by molar-refractivity contribution is 5.05. The van der Waals surface area contributed by atoms with E-state index in [4.69, 9.17) is 9.15 Å². The third-order valence-electron chi connectivity index (χ3n) is 2.73. The first-order valence-corrected chi connectivity index (χ1v) is 6.97. The van der Waals surface area contributed by atoms with Gasteiger partial charge in [0.05, 0.1) is 21.1 Å². The third kappa shape index (κ3) is 6.82. The minimum absolute atomic E-state index is 0.600. The normalized spacial score (nSPS) is 12.0. The fourth-order valence-electron chi connectivity index (χ4n) is 1.86. The molecule has 3 heteroatoms. The summed E-state index contributed by atoms with van der Waals surface area (Å²) in [6, 6.07) is 4.08. The van der Waals surface area contributed by atoms with Crippen molar-refractivity contribution in [2.45, 2.75) is 45.8 Å². The second-order valence-corrected chi connectivity index (χ2v) is 5.93. The van der Waals surface area contributed by atoms with Gasteiger partial charge in [0.1, 0.15) is 18.9 Å². The molecule has 0 fully saturated rings. The van der Waals surface area contributed by atoms with Gasteiger partial charge in [-0.05, 0) is 18.6 Å². The molecule has 0 aliphatic carbocycles. The van der Waals surface area contributed by atoms with Gasteiger partial charge in [-0.15, -0.1) is 0 Å². The first kappa shape index (κ1) is 15.3. The summed E-state index contributed by atoms with van der Waals surface area (Å²) in [5, 5.41) is 0. The Kier molecular flexibility index (Phi) is 6.44. The molecule has 0 aliphatic heterocycles. The number of ether oxygens (including phenoxy) is 1. The minimum Gasteiger partial charge on any atom is -0.458 e. The van der Waals surface area contributed by atoms with Gasteiger partial charge >= 0.3 is 0 Å². The van der Waals surface area contributed by atoms with Crippen LogP contribution in [0.25, 0.3) is 0 Å². The van der Waals surface area contributed by atoms with E-state index in [0.29, 0.717) is 6.61 Å². The van der Waals surface area contributed by atoms with Gasteiger partial charge < -0.3 is 13.6 Å². The van der Waals surface area contributed by atoms with Crippen LogP contribution in [0.4, 0.5) is 0 Å². The van der Waals surface area contributed by atoms with Crippen LogP contribution in [0.5, 0.6) is 0 Å². The molecule has 1 aromatic heterocycles. The SMILES string of the molecule is CCCCCCOCc1ccc(C[N+](C)(C)C)o1. The zero-order chi connectivity index (χ0) is 13.4. The van der Waals surface area contributed by atoms with Crippen molar-refractivity contribution >= 4 is 0 Å². The molecule has 1 rings (SSSR count). The second kappa shape index (κ2) is 7.59. The Hall–Kier alpha value is -0.800. The van der Waals surface area contributed by atoms with Gasteiger partial charge in [0.15, 0.2) is 5.76 Å². The predicted molar refractivity (Wildman–Crippen MR) is 74.2 cm³/mol. The van der Waals surface area contributed by atoms with Gasteiger partial charge in [0.25, 0.3) is 0 Å². The van der Waals surface area contributed by atoms with Gasteiger partial charge in [0, 0.05) is 6.61 Å². The van der Waals surface area contributed by atoms with Crippen molar-refractivity contribution in [1.82, 2.24) is 0 Å². The fraction of sp³-hybridized carbons (Fsp3) is 0.733. The summed E-state index contributed by atoms with van der Waals surface area (Å²) in [4.78, 5) is 0. The summed E-state index contributed by atoms with van der Waals surface area (Å²) in [5.41, 5.74) is 0. The number of quaternary nitrogens is 1. The second-order valence-electron chi connectivity index (χ2n) is 5.93. The molecule has 0 unspecified atom stereocenters. The maximum atomic E-state index is 5.75. The number of hydrogen-bond donors (Lipinski definition) is 0. The van der Waals surface area contributed by atoms with E-state index in [0.717, 1.165) is 35.6 Å². The van der Waals surface area contributed by atoms with Gasteiger partial charge in [0.2, 0.25) is 0 Å². The molecule has 0 amide bonds. The predicted octanol–water partition coefficient (Wildman–Crippen LogP) is 3.58. The number of rotatable bonds is 9. The van der Waals surface area contributed by atoms with E-state index in [9.17, 15) is 0 Å². The zero-order valence-electron chi connectivity index (χ0n) is 12.4. The van der Waals surface area contributed by atoms with Crippen LogP contribution in [-0.2, 0) is 17.9 Å². The maximum Gasteiger partial charge on any atom is 0.158 e. The van der Waals surface area contributed by atoms with E-state index in [-0.39, 0.29) is 0 Å². The van der Waals surface area contributed by atoms with Crippen LogP contribution in [0.1, 0.15) is 44.1 Å². The highest BCUT2D eigenvalue weighted by Gasteiger charge is 2.12. The summed E-state index contributed by atoms with van der Waals surface area (Å²) >= 11 is 0. The quantitative estimate of drug-likeness (QED) is 0.496. The van der Waals surface area contributed by atoms with Gasteiger partial charge in [-0.2, -0.15) is 0 Å². The summed E-state index contributed by atoms with van der Waals surface area (Å²) in [5.74, 6) is 1.97. The van der Waals surface area contributed by atoms with E-state index in [1.165, 1.54) is 19.3 Å². The number of furan rings is 1. The van der Waals surface area contributed by atoms with Crippen LogP contribution in [0.2, 0.25) is 0 Å². The summed E-state index contributed by atoms with van der Waals surface area (Å²) < 4.78 is 12.2. The highest BCUT2D eigenvalue weighted by Crippen LogP contribution is 2.13. The van der Waals surface area contributed by atoms with E-state index < -0.39 is 0 Å². The maximum absolute atomic E-state index is 5.75. The van der Waals surface area contributed by atoms with E-state index in [2.05, 4.69) is 34.1 Å². The molecular formula is C15H28NO2+. The molecule has 0 bridgehead atoms. The van der Waals surface area contributed by atoms with E-state index in [1.807, 2.05) is 6.07 Å². The number of unbranched alkanes of at least 4 members (excludes halogenated alkanes) is 3. The zero-order valence-corrected chi connectivity index (χ0v) is 12.4. The smallest absolute Gasteiger partial charge is 0.158 e. The molecule has 0 radical (unpaired) electrons. The van der Waals surface area contributed by atoms with E-state index in [1.54, 1.807) is 0 Å². The Balaban J connectivity index is 2.19. The molecule has 0 saturated carbocycles. The molecule has 0 N–H and O–H groups in total. The van der Waals surface area contributed by atoms with Gasteiger partial charge in [-0.25, -0.2) is 0 Å². The van der Waals surface area contributed by atoms with Crippen molar-refractivity contribution < 1.29 is 13.6 Å². The topological polar surface area (TPSA) is 22.4 Å². The lowest BCUT2D eigenvalue weighted by Crippen LogP contribution is -2.33. The average molecular weight is 254 g/mol. The molecule has 0 spiro atoms. The van der Waals surface area contributed by atoms with Crippen LogP contribution in [0.15, 0.2) is 16.5 Å². The molecule has 0 saturated heterocycles. The lowest BCUT2D eigenvalue weighted by atomic mass is 10.2. The Labute approximate surface area is 111 Å². The monoisotopic (exact) mass is 254 g/mol. The van der Waals surface area contributed by atoms with Crippen LogP contribution < -0.4 is 0 Å². The van der Waals surface area contributed by atoms with Crippen molar-refractivity contribution in [2.75, 3.05) is 27.7 Å². The van der Waals surface area contributed by atoms with E-state index >= 15 is 0 Å². The Bertz CT molecular complexity index is 325. The largest absolute Gasteiger partial charge is 0.458 e. The molecule has 18 heavy (non-hydrogen) atoms. The van der Waals surface area contributed by atoms with Crippen molar-refractivity contribution in [2.24, 2.45) is 0 Å². The fourth-order valence-corrected chi connectivity index (χ4v) is 1.86. The molecule has 0 aromatic carbocycles. The summed E-state index contributed by atoms with van der Waals surface area (Å²) in [6.45, 7) is 4.57. The van der Waals surface area contributed by atoms with Crippen LogP contribution in [-0.4, -0.2) is 32.2 Å². The standard InChI is InChI=1S/C15H28NO2/c1-5-6-7-8-11-17-13-15-10-9-14(18-15)12-16(2,3)4/h9-10H,5-8,11-13H2,1-4H3/q+1. The number of nitrogens with zero attached hydrogens (tertiary/aromatic N) is 1. The molecule has 104 valence electrons. The molecule has 0 aliphatic rings. The average Bonchev–Trinajstić information content (AvgIpc) is 2.68. The minimum atomic E-state index is 0.600. The van der Waals surface area contributed by atoms with Crippen molar-refractivity contribution in [3.05, 3.63) is 23.7 Å². The molecule has 1 aromatic rings. The summed E-state index contributed by atoms with van der Waals surface area (Å²) in [6.07, 6.45) is 4.99. The molecule has 3 nitrogen and oxygen atoms in total. The Morgan fingerprint density at radius 2 is 1.78 bits per heavy atom.